The molecule has 1 aliphatic heterocycles. The molecule has 1 amide bonds. The fourth-order valence-corrected chi connectivity index (χ4v) is 6.59. The van der Waals surface area contributed by atoms with E-state index in [4.69, 9.17) is 0 Å². The maximum Gasteiger partial charge on any atom is 0.243 e. The number of rotatable bonds is 7. The minimum atomic E-state index is -3.67. The highest BCUT2D eigenvalue weighted by atomic mass is 32.2. The summed E-state index contributed by atoms with van der Waals surface area (Å²) in [5.74, 6) is 0.0134. The van der Waals surface area contributed by atoms with E-state index in [2.05, 4.69) is 12.6 Å². The Morgan fingerprint density at radius 2 is 1.72 bits per heavy atom. The molecular weight excluding hydrogens is 440 g/mol. The number of nitrogens with zero attached hydrogens (tertiary/aromatic N) is 2. The SMILES string of the molecule is CN(Cc1ccccc1)C(=O)CCC1CC(S)CN1S(=O)(=O)c1ccc2ccccc2c1. The van der Waals surface area contributed by atoms with E-state index in [0.717, 1.165) is 16.3 Å². The average Bonchev–Trinajstić information content (AvgIpc) is 3.19. The van der Waals surface area contributed by atoms with Gasteiger partial charge in [0.15, 0.2) is 0 Å². The summed E-state index contributed by atoms with van der Waals surface area (Å²) in [6.07, 6.45) is 1.44. The minimum absolute atomic E-state index is 0.0134. The fourth-order valence-electron chi connectivity index (χ4n) is 4.31. The van der Waals surface area contributed by atoms with Crippen molar-refractivity contribution < 1.29 is 13.2 Å². The van der Waals surface area contributed by atoms with Crippen LogP contribution in [0.5, 0.6) is 0 Å². The second-order valence-corrected chi connectivity index (χ2v) is 11.0. The quantitative estimate of drug-likeness (QED) is 0.525. The van der Waals surface area contributed by atoms with Gasteiger partial charge in [-0.05, 0) is 41.3 Å². The van der Waals surface area contributed by atoms with Crippen LogP contribution in [-0.2, 0) is 21.4 Å². The number of carbonyl (C=O) groups is 1. The molecule has 2 unspecified atom stereocenters. The zero-order valence-corrected chi connectivity index (χ0v) is 19.8. The molecule has 0 N–H and O–H groups in total. The molecule has 0 spiro atoms. The molecule has 1 heterocycles. The normalized spacial score (nSPS) is 19.3. The van der Waals surface area contributed by atoms with Crippen molar-refractivity contribution in [3.63, 3.8) is 0 Å². The van der Waals surface area contributed by atoms with Gasteiger partial charge in [0.1, 0.15) is 0 Å². The third-order valence-corrected chi connectivity index (χ3v) is 8.34. The van der Waals surface area contributed by atoms with E-state index in [1.165, 1.54) is 0 Å². The van der Waals surface area contributed by atoms with Crippen molar-refractivity contribution in [2.75, 3.05) is 13.6 Å². The average molecular weight is 469 g/mol. The predicted octanol–water partition coefficient (Wildman–Crippen LogP) is 4.34. The van der Waals surface area contributed by atoms with Crippen molar-refractivity contribution in [3.8, 4) is 0 Å². The summed E-state index contributed by atoms with van der Waals surface area (Å²) in [4.78, 5) is 14.7. The third kappa shape index (κ3) is 5.00. The first-order chi connectivity index (χ1) is 15.3. The lowest BCUT2D eigenvalue weighted by molar-refractivity contribution is -0.130. The van der Waals surface area contributed by atoms with E-state index < -0.39 is 10.0 Å². The number of amides is 1. The summed E-state index contributed by atoms with van der Waals surface area (Å²) in [6.45, 7) is 0.898. The van der Waals surface area contributed by atoms with Crippen LogP contribution in [0.15, 0.2) is 77.7 Å². The van der Waals surface area contributed by atoms with Gasteiger partial charge in [0.05, 0.1) is 4.90 Å². The maximum absolute atomic E-state index is 13.5. The van der Waals surface area contributed by atoms with Crippen LogP contribution in [0.25, 0.3) is 10.8 Å². The molecule has 4 rings (SSSR count). The summed E-state index contributed by atoms with van der Waals surface area (Å²) in [6, 6.07) is 22.6. The fraction of sp³-hybridized carbons (Fsp3) is 0.320. The predicted molar refractivity (Wildman–Crippen MR) is 131 cm³/mol. The summed E-state index contributed by atoms with van der Waals surface area (Å²) < 4.78 is 28.4. The first-order valence-corrected chi connectivity index (χ1v) is 12.8. The number of sulfonamides is 1. The Kier molecular flexibility index (Phi) is 6.88. The summed E-state index contributed by atoms with van der Waals surface area (Å²) in [7, 11) is -1.88. The van der Waals surface area contributed by atoms with E-state index in [0.29, 0.717) is 32.4 Å². The molecule has 0 aromatic heterocycles. The monoisotopic (exact) mass is 468 g/mol. The Hall–Kier alpha value is -2.35. The lowest BCUT2D eigenvalue weighted by atomic mass is 10.1. The van der Waals surface area contributed by atoms with Crippen molar-refractivity contribution in [2.24, 2.45) is 0 Å². The molecule has 32 heavy (non-hydrogen) atoms. The first kappa shape index (κ1) is 22.8. The van der Waals surface area contributed by atoms with Crippen LogP contribution in [0.1, 0.15) is 24.8 Å². The largest absolute Gasteiger partial charge is 0.341 e. The molecule has 1 saturated heterocycles. The second kappa shape index (κ2) is 9.65. The topological polar surface area (TPSA) is 57.7 Å². The number of fused-ring (bicyclic) bond motifs is 1. The van der Waals surface area contributed by atoms with Gasteiger partial charge in [0, 0.05) is 37.8 Å². The number of hydrogen-bond donors (Lipinski definition) is 1. The molecule has 0 radical (unpaired) electrons. The van der Waals surface area contributed by atoms with Gasteiger partial charge in [-0.15, -0.1) is 0 Å². The maximum atomic E-state index is 13.5. The molecule has 1 aliphatic rings. The van der Waals surface area contributed by atoms with Crippen LogP contribution in [0.3, 0.4) is 0 Å². The molecule has 0 aliphatic carbocycles. The highest BCUT2D eigenvalue weighted by molar-refractivity contribution is 7.89. The van der Waals surface area contributed by atoms with E-state index in [9.17, 15) is 13.2 Å². The minimum Gasteiger partial charge on any atom is -0.341 e. The summed E-state index contributed by atoms with van der Waals surface area (Å²) in [5.41, 5.74) is 1.07. The van der Waals surface area contributed by atoms with Gasteiger partial charge in [-0.3, -0.25) is 4.79 Å². The molecule has 1 fully saturated rings. The van der Waals surface area contributed by atoms with Crippen LogP contribution in [0.4, 0.5) is 0 Å². The van der Waals surface area contributed by atoms with Gasteiger partial charge in [0.2, 0.25) is 15.9 Å². The molecule has 3 aromatic rings. The standard InChI is InChI=1S/C25H28N2O3S2/c1-26(17-19-7-3-2-4-8-19)25(28)14-12-22-16-23(31)18-27(22)32(29,30)24-13-11-20-9-5-6-10-21(20)15-24/h2-11,13,15,22-23,31H,12,14,16-18H2,1H3. The van der Waals surface area contributed by atoms with Crippen molar-refractivity contribution in [2.45, 2.75) is 42.0 Å². The highest BCUT2D eigenvalue weighted by Gasteiger charge is 2.39. The number of hydrogen-bond acceptors (Lipinski definition) is 4. The van der Waals surface area contributed by atoms with E-state index in [1.54, 1.807) is 28.4 Å². The Labute approximate surface area is 195 Å². The van der Waals surface area contributed by atoms with E-state index in [1.807, 2.05) is 60.7 Å². The Bertz CT molecular complexity index is 1200. The lowest BCUT2D eigenvalue weighted by Gasteiger charge is -2.25. The first-order valence-electron chi connectivity index (χ1n) is 10.8. The Morgan fingerprint density at radius 1 is 1.03 bits per heavy atom. The van der Waals surface area contributed by atoms with Crippen LogP contribution < -0.4 is 0 Å². The van der Waals surface area contributed by atoms with Gasteiger partial charge in [-0.1, -0.05) is 60.7 Å². The van der Waals surface area contributed by atoms with Crippen LogP contribution in [-0.4, -0.2) is 48.4 Å². The lowest BCUT2D eigenvalue weighted by Crippen LogP contribution is -2.37. The second-order valence-electron chi connectivity index (χ2n) is 8.40. The van der Waals surface area contributed by atoms with Gasteiger partial charge in [-0.25, -0.2) is 8.42 Å². The van der Waals surface area contributed by atoms with Crippen LogP contribution >= 0.6 is 12.6 Å². The van der Waals surface area contributed by atoms with Gasteiger partial charge < -0.3 is 4.90 Å². The van der Waals surface area contributed by atoms with Gasteiger partial charge >= 0.3 is 0 Å². The zero-order valence-electron chi connectivity index (χ0n) is 18.1. The summed E-state index contributed by atoms with van der Waals surface area (Å²) >= 11 is 4.56. The molecule has 0 bridgehead atoms. The van der Waals surface area contributed by atoms with E-state index >= 15 is 0 Å². The number of carbonyl (C=O) groups excluding carboxylic acids is 1. The van der Waals surface area contributed by atoms with Crippen LogP contribution in [0, 0.1) is 0 Å². The van der Waals surface area contributed by atoms with Crippen molar-refractivity contribution in [3.05, 3.63) is 78.4 Å². The molecule has 7 heteroatoms. The van der Waals surface area contributed by atoms with Crippen molar-refractivity contribution in [1.29, 1.82) is 0 Å². The van der Waals surface area contributed by atoms with E-state index in [-0.39, 0.29) is 22.1 Å². The molecule has 168 valence electrons. The highest BCUT2D eigenvalue weighted by Crippen LogP contribution is 2.32. The Balaban J connectivity index is 1.45. The Morgan fingerprint density at radius 3 is 2.47 bits per heavy atom. The van der Waals surface area contributed by atoms with Crippen LogP contribution in [0.2, 0.25) is 0 Å². The number of benzene rings is 3. The molecule has 5 nitrogen and oxygen atoms in total. The molecule has 2 atom stereocenters. The number of thiol groups is 1. The molecular formula is C25H28N2O3S2. The smallest absolute Gasteiger partial charge is 0.243 e. The summed E-state index contributed by atoms with van der Waals surface area (Å²) in [5, 5.41) is 1.86. The molecule has 0 saturated carbocycles. The van der Waals surface area contributed by atoms with Gasteiger partial charge in [0.25, 0.3) is 0 Å². The van der Waals surface area contributed by atoms with Crippen molar-refractivity contribution >= 4 is 39.3 Å². The third-order valence-electron chi connectivity index (χ3n) is 6.05. The van der Waals surface area contributed by atoms with Crippen molar-refractivity contribution in [1.82, 2.24) is 9.21 Å². The zero-order chi connectivity index (χ0) is 22.7. The molecule has 3 aromatic carbocycles. The van der Waals surface area contributed by atoms with Gasteiger partial charge in [-0.2, -0.15) is 16.9 Å².